The lowest BCUT2D eigenvalue weighted by Gasteiger charge is -2.41. The number of amides is 1. The number of ether oxygens (including phenoxy) is 1. The van der Waals surface area contributed by atoms with E-state index in [2.05, 4.69) is 58.1 Å². The number of hydrogen-bond acceptors (Lipinski definition) is 6. The van der Waals surface area contributed by atoms with E-state index in [0.717, 1.165) is 17.7 Å². The number of carbonyl (C=O) groups is 2. The van der Waals surface area contributed by atoms with Gasteiger partial charge in [-0.05, 0) is 61.5 Å². The zero-order chi connectivity index (χ0) is 29.3. The number of carbonyl (C=O) groups excluding carboxylic acids is 2. The van der Waals surface area contributed by atoms with Crippen molar-refractivity contribution in [2.75, 3.05) is 12.4 Å². The highest BCUT2D eigenvalue weighted by molar-refractivity contribution is 8.23. The maximum atomic E-state index is 14.5. The van der Waals surface area contributed by atoms with E-state index in [-0.39, 0.29) is 23.6 Å². The summed E-state index contributed by atoms with van der Waals surface area (Å²) in [4.78, 5) is 28.7. The van der Waals surface area contributed by atoms with Crippen molar-refractivity contribution in [3.05, 3.63) is 83.9 Å². The standard InChI is InChI=1S/C32H43NO4S2Si/c1-7-36-29(34)21-20-28(37-40(5,6)32(2,3)4)27(19-18-24-14-10-8-11-15-24)30(35)33-26(23-39-31(33)38)22-25-16-12-9-13-17-25/h8-17,20-21,26-28H,7,18-19,22-23H2,1-6H3/b21-20+/t26-,27-,28+/m0/s1. The fourth-order valence-electron chi connectivity index (χ4n) is 4.48. The molecular formula is C32H43NO4S2Si. The van der Waals surface area contributed by atoms with Gasteiger partial charge in [-0.2, -0.15) is 0 Å². The van der Waals surface area contributed by atoms with E-state index >= 15 is 0 Å². The van der Waals surface area contributed by atoms with E-state index in [1.165, 1.54) is 11.6 Å². The van der Waals surface area contributed by atoms with Crippen molar-refractivity contribution in [2.45, 2.75) is 77.2 Å². The summed E-state index contributed by atoms with van der Waals surface area (Å²) < 4.78 is 12.7. The van der Waals surface area contributed by atoms with Crippen LogP contribution in [-0.4, -0.2) is 53.9 Å². The van der Waals surface area contributed by atoms with Gasteiger partial charge in [-0.25, -0.2) is 4.79 Å². The normalized spacial score (nSPS) is 17.7. The molecule has 0 aromatic heterocycles. The third-order valence-corrected chi connectivity index (χ3v) is 13.8. The van der Waals surface area contributed by atoms with E-state index in [4.69, 9.17) is 21.4 Å². The number of aryl methyl sites for hydroxylation is 1. The minimum absolute atomic E-state index is 0.0332. The Labute approximate surface area is 250 Å². The van der Waals surface area contributed by atoms with Gasteiger partial charge in [0.25, 0.3) is 0 Å². The lowest BCUT2D eigenvalue weighted by Crippen LogP contribution is -2.50. The third kappa shape index (κ3) is 8.87. The Morgan fingerprint density at radius 1 is 1.07 bits per heavy atom. The van der Waals surface area contributed by atoms with Crippen molar-refractivity contribution >= 4 is 48.5 Å². The smallest absolute Gasteiger partial charge is 0.330 e. The van der Waals surface area contributed by atoms with Crippen LogP contribution in [0.2, 0.25) is 18.1 Å². The molecule has 0 radical (unpaired) electrons. The molecule has 0 saturated carbocycles. The largest absolute Gasteiger partial charge is 0.463 e. The molecule has 0 unspecified atom stereocenters. The molecule has 1 aliphatic heterocycles. The molecule has 40 heavy (non-hydrogen) atoms. The average Bonchev–Trinajstić information content (AvgIpc) is 3.27. The van der Waals surface area contributed by atoms with Crippen LogP contribution in [0.5, 0.6) is 0 Å². The maximum Gasteiger partial charge on any atom is 0.330 e. The second kappa shape index (κ2) is 14.6. The van der Waals surface area contributed by atoms with Gasteiger partial charge < -0.3 is 9.16 Å². The summed E-state index contributed by atoms with van der Waals surface area (Å²) in [5.41, 5.74) is 2.33. The predicted molar refractivity (Wildman–Crippen MR) is 172 cm³/mol. The SMILES string of the molecule is CCOC(=O)/C=C/[C@@H](O[Si](C)(C)C(C)(C)C)[C@H](CCc1ccccc1)C(=O)N1C(=S)SC[C@@H]1Cc1ccccc1. The Morgan fingerprint density at radius 2 is 1.68 bits per heavy atom. The van der Waals surface area contributed by atoms with Crippen LogP contribution in [0.15, 0.2) is 72.8 Å². The number of benzene rings is 2. The molecule has 5 nitrogen and oxygen atoms in total. The highest BCUT2D eigenvalue weighted by Gasteiger charge is 2.44. The zero-order valence-electron chi connectivity index (χ0n) is 24.6. The van der Waals surface area contributed by atoms with Crippen LogP contribution in [0.3, 0.4) is 0 Å². The van der Waals surface area contributed by atoms with Crippen molar-refractivity contribution in [1.29, 1.82) is 0 Å². The van der Waals surface area contributed by atoms with Gasteiger partial charge in [0, 0.05) is 11.8 Å². The maximum absolute atomic E-state index is 14.5. The monoisotopic (exact) mass is 597 g/mol. The number of nitrogens with zero attached hydrogens (tertiary/aromatic N) is 1. The summed E-state index contributed by atoms with van der Waals surface area (Å²) in [7, 11) is -2.32. The predicted octanol–water partition coefficient (Wildman–Crippen LogP) is 7.22. The van der Waals surface area contributed by atoms with Crippen LogP contribution in [0.1, 0.15) is 45.2 Å². The van der Waals surface area contributed by atoms with Gasteiger partial charge in [-0.1, -0.05) is 105 Å². The first-order valence-corrected chi connectivity index (χ1v) is 18.3. The van der Waals surface area contributed by atoms with Gasteiger partial charge in [-0.3, -0.25) is 9.69 Å². The minimum Gasteiger partial charge on any atom is -0.463 e. The molecule has 0 N–H and O–H groups in total. The molecule has 1 heterocycles. The number of rotatable bonds is 12. The summed E-state index contributed by atoms with van der Waals surface area (Å²) in [5.74, 6) is -0.231. The fourth-order valence-corrected chi connectivity index (χ4v) is 7.18. The van der Waals surface area contributed by atoms with E-state index in [1.807, 2.05) is 41.3 Å². The summed E-state index contributed by atoms with van der Waals surface area (Å²) in [6.45, 7) is 12.9. The van der Waals surface area contributed by atoms with E-state index in [1.54, 1.807) is 24.8 Å². The molecule has 1 saturated heterocycles. The molecule has 3 rings (SSSR count). The molecule has 8 heteroatoms. The van der Waals surface area contributed by atoms with Crippen molar-refractivity contribution < 1.29 is 18.8 Å². The van der Waals surface area contributed by atoms with Gasteiger partial charge in [0.2, 0.25) is 5.91 Å². The highest BCUT2D eigenvalue weighted by atomic mass is 32.2. The first-order chi connectivity index (χ1) is 18.9. The lowest BCUT2D eigenvalue weighted by atomic mass is 9.91. The quantitative estimate of drug-likeness (QED) is 0.111. The zero-order valence-corrected chi connectivity index (χ0v) is 27.2. The second-order valence-electron chi connectivity index (χ2n) is 11.7. The van der Waals surface area contributed by atoms with Gasteiger partial charge in [0.15, 0.2) is 8.32 Å². The van der Waals surface area contributed by atoms with E-state index in [0.29, 0.717) is 17.2 Å². The average molecular weight is 598 g/mol. The second-order valence-corrected chi connectivity index (χ2v) is 18.1. The summed E-state index contributed by atoms with van der Waals surface area (Å²) in [6.07, 6.45) is 4.58. The molecule has 2 aromatic carbocycles. The third-order valence-electron chi connectivity index (χ3n) is 7.76. The van der Waals surface area contributed by atoms with Gasteiger partial charge in [0.1, 0.15) is 4.32 Å². The Morgan fingerprint density at radius 3 is 2.25 bits per heavy atom. The molecule has 0 aliphatic carbocycles. The van der Waals surface area contributed by atoms with Crippen LogP contribution >= 0.6 is 24.0 Å². The lowest BCUT2D eigenvalue weighted by molar-refractivity contribution is -0.138. The van der Waals surface area contributed by atoms with Crippen molar-refractivity contribution in [2.24, 2.45) is 5.92 Å². The molecule has 0 spiro atoms. The molecule has 1 aliphatic rings. The number of thioether (sulfide) groups is 1. The van der Waals surface area contributed by atoms with Crippen LogP contribution in [0.25, 0.3) is 0 Å². The van der Waals surface area contributed by atoms with Crippen molar-refractivity contribution in [3.63, 3.8) is 0 Å². The van der Waals surface area contributed by atoms with Crippen LogP contribution in [0, 0.1) is 5.92 Å². The number of hydrogen-bond donors (Lipinski definition) is 0. The van der Waals surface area contributed by atoms with Crippen LogP contribution < -0.4 is 0 Å². The van der Waals surface area contributed by atoms with Crippen molar-refractivity contribution in [1.82, 2.24) is 4.90 Å². The summed E-state index contributed by atoms with van der Waals surface area (Å²) in [6, 6.07) is 20.4. The number of thiocarbonyl (C=S) groups is 1. The number of esters is 1. The summed E-state index contributed by atoms with van der Waals surface area (Å²) >= 11 is 7.31. The van der Waals surface area contributed by atoms with Gasteiger partial charge in [-0.15, -0.1) is 0 Å². The van der Waals surface area contributed by atoms with E-state index < -0.39 is 26.3 Å². The van der Waals surface area contributed by atoms with Crippen LogP contribution in [0.4, 0.5) is 0 Å². The molecular weight excluding hydrogens is 555 g/mol. The first kappa shape index (κ1) is 32.3. The molecule has 216 valence electrons. The Kier molecular flexibility index (Phi) is 11.8. The Bertz CT molecular complexity index is 1160. The molecule has 1 fully saturated rings. The first-order valence-electron chi connectivity index (χ1n) is 14.0. The van der Waals surface area contributed by atoms with Gasteiger partial charge in [0.05, 0.1) is 24.7 Å². The summed E-state index contributed by atoms with van der Waals surface area (Å²) in [5, 5.41) is -0.0787. The molecule has 2 aromatic rings. The van der Waals surface area contributed by atoms with Crippen LogP contribution in [-0.2, 0) is 31.6 Å². The van der Waals surface area contributed by atoms with Gasteiger partial charge >= 0.3 is 5.97 Å². The molecule has 0 bridgehead atoms. The van der Waals surface area contributed by atoms with Crippen molar-refractivity contribution in [3.8, 4) is 0 Å². The van der Waals surface area contributed by atoms with E-state index in [9.17, 15) is 9.59 Å². The Hall–Kier alpha value is -2.26. The highest BCUT2D eigenvalue weighted by Crippen LogP contribution is 2.39. The molecule has 1 amide bonds. The topological polar surface area (TPSA) is 55.8 Å². The fraction of sp³-hybridized carbons (Fsp3) is 0.469. The minimum atomic E-state index is -2.32. The molecule has 3 atom stereocenters. The Balaban J connectivity index is 1.99.